The van der Waals surface area contributed by atoms with Crippen LogP contribution < -0.4 is 10.6 Å². The Hall–Kier alpha value is -2.64. The molecule has 0 saturated heterocycles. The van der Waals surface area contributed by atoms with E-state index in [0.717, 1.165) is 64.2 Å². The van der Waals surface area contributed by atoms with Crippen LogP contribution in [0.5, 0.6) is 0 Å². The Morgan fingerprint density at radius 2 is 0.804 bits per heavy atom. The van der Waals surface area contributed by atoms with E-state index in [1.165, 1.54) is 89.9 Å². The maximum atomic E-state index is 12.9. The van der Waals surface area contributed by atoms with Gasteiger partial charge in [-0.1, -0.05) is 148 Å². The molecule has 0 aromatic carbocycles. The number of hydrogen-bond acceptors (Lipinski definition) is 4. The van der Waals surface area contributed by atoms with Crippen molar-refractivity contribution in [1.29, 1.82) is 0 Å². The number of rotatable bonds is 37. The third kappa shape index (κ3) is 31.8. The fourth-order valence-electron chi connectivity index (χ4n) is 6.42. The van der Waals surface area contributed by atoms with Gasteiger partial charge in [-0.3, -0.25) is 19.2 Å². The van der Waals surface area contributed by atoms with E-state index in [0.29, 0.717) is 12.8 Å². The highest BCUT2D eigenvalue weighted by molar-refractivity contribution is 5.80. The van der Waals surface area contributed by atoms with Crippen LogP contribution in [0.1, 0.15) is 207 Å². The fourth-order valence-corrected chi connectivity index (χ4v) is 6.42. The number of carboxylic acids is 2. The summed E-state index contributed by atoms with van der Waals surface area (Å²) in [5.74, 6) is -5.04. The Kier molecular flexibility index (Phi) is 33.9. The largest absolute Gasteiger partial charge is 0.481 e. The number of carbonyl (C=O) groups excluding carboxylic acids is 2. The molecule has 2 unspecified atom stereocenters. The van der Waals surface area contributed by atoms with Crippen molar-refractivity contribution < 1.29 is 29.4 Å². The molecular formula is C43H78N2O6. The van der Waals surface area contributed by atoms with Crippen LogP contribution in [0.15, 0.2) is 24.3 Å². The van der Waals surface area contributed by atoms with Crippen molar-refractivity contribution >= 4 is 23.8 Å². The second-order valence-electron chi connectivity index (χ2n) is 14.7. The number of carboxylic acid groups (broad SMARTS) is 2. The lowest BCUT2D eigenvalue weighted by Gasteiger charge is -2.30. The Morgan fingerprint density at radius 3 is 1.12 bits per heavy atom. The van der Waals surface area contributed by atoms with Crippen molar-refractivity contribution in [2.45, 2.75) is 213 Å². The minimum atomic E-state index is -1.26. The minimum absolute atomic E-state index is 0.259. The van der Waals surface area contributed by atoms with Crippen LogP contribution in [-0.2, 0) is 19.2 Å². The summed E-state index contributed by atoms with van der Waals surface area (Å²) >= 11 is 0. The molecule has 51 heavy (non-hydrogen) atoms. The summed E-state index contributed by atoms with van der Waals surface area (Å²) < 4.78 is 0. The highest BCUT2D eigenvalue weighted by Crippen LogP contribution is 2.20. The van der Waals surface area contributed by atoms with Crippen molar-refractivity contribution in [2.75, 3.05) is 0 Å². The van der Waals surface area contributed by atoms with Gasteiger partial charge >= 0.3 is 11.9 Å². The average molecular weight is 719 g/mol. The lowest BCUT2D eigenvalue weighted by atomic mass is 9.88. The van der Waals surface area contributed by atoms with Gasteiger partial charge in [0.2, 0.25) is 11.8 Å². The van der Waals surface area contributed by atoms with Crippen molar-refractivity contribution in [2.24, 2.45) is 11.8 Å². The minimum Gasteiger partial charge on any atom is -0.481 e. The Bertz CT molecular complexity index is 879. The van der Waals surface area contributed by atoms with Crippen LogP contribution in [0, 0.1) is 11.8 Å². The zero-order valence-electron chi connectivity index (χ0n) is 33.1. The topological polar surface area (TPSA) is 133 Å². The molecule has 0 radical (unpaired) electrons. The second kappa shape index (κ2) is 35.7. The first-order chi connectivity index (χ1) is 24.7. The van der Waals surface area contributed by atoms with Crippen LogP contribution in [0.4, 0.5) is 0 Å². The van der Waals surface area contributed by atoms with Crippen LogP contribution in [-0.4, -0.2) is 40.1 Å². The van der Waals surface area contributed by atoms with Gasteiger partial charge in [-0.25, -0.2) is 0 Å². The first kappa shape index (κ1) is 48.4. The summed E-state index contributed by atoms with van der Waals surface area (Å²) in [4.78, 5) is 49.0. The number of unbranched alkanes of at least 4 members (excludes halogenated alkanes) is 22. The molecule has 8 heteroatoms. The molecule has 2 amide bonds. The molecule has 0 rings (SSSR count). The third-order valence-electron chi connectivity index (χ3n) is 9.84. The number of allylic oxidation sites excluding steroid dienone is 4. The van der Waals surface area contributed by atoms with Gasteiger partial charge in [-0.15, -0.1) is 0 Å². The van der Waals surface area contributed by atoms with Gasteiger partial charge in [0.15, 0.2) is 0 Å². The van der Waals surface area contributed by atoms with E-state index < -0.39 is 36.4 Å². The van der Waals surface area contributed by atoms with E-state index >= 15 is 0 Å². The van der Waals surface area contributed by atoms with E-state index in [1.54, 1.807) is 6.92 Å². The lowest BCUT2D eigenvalue weighted by molar-refractivity contribution is -0.151. The smallest absolute Gasteiger partial charge is 0.307 e. The molecule has 0 heterocycles. The molecule has 0 saturated carbocycles. The van der Waals surface area contributed by atoms with Gasteiger partial charge < -0.3 is 20.8 Å². The van der Waals surface area contributed by atoms with Gasteiger partial charge in [0.1, 0.15) is 6.17 Å². The number of hydrogen-bond donors (Lipinski definition) is 4. The first-order valence-corrected chi connectivity index (χ1v) is 21.1. The van der Waals surface area contributed by atoms with Crippen LogP contribution >= 0.6 is 0 Å². The molecule has 0 aliphatic heterocycles. The Balaban J connectivity index is 4.43. The molecule has 0 aromatic heterocycles. The number of carbonyl (C=O) groups is 4. The maximum absolute atomic E-state index is 12.9. The van der Waals surface area contributed by atoms with Gasteiger partial charge in [0.25, 0.3) is 0 Å². The second-order valence-corrected chi connectivity index (χ2v) is 14.7. The SMILES string of the molecule is CCCCCCCC/C=C\CCCCCCCC(=O)NC(NC(=O)CCCCCCC/C=C\CCCCCCCC)C(C)C(CC(=O)O)C(=O)O. The van der Waals surface area contributed by atoms with Crippen molar-refractivity contribution in [3.05, 3.63) is 24.3 Å². The monoisotopic (exact) mass is 719 g/mol. The zero-order valence-corrected chi connectivity index (χ0v) is 33.1. The average Bonchev–Trinajstić information content (AvgIpc) is 3.09. The quantitative estimate of drug-likeness (QED) is 0.0287. The molecule has 0 aliphatic carbocycles. The van der Waals surface area contributed by atoms with E-state index in [9.17, 15) is 29.4 Å². The molecule has 4 N–H and O–H groups in total. The van der Waals surface area contributed by atoms with E-state index in [-0.39, 0.29) is 24.7 Å². The van der Waals surface area contributed by atoms with Gasteiger partial charge in [0, 0.05) is 18.8 Å². The lowest BCUT2D eigenvalue weighted by Crippen LogP contribution is -2.54. The van der Waals surface area contributed by atoms with Crippen molar-refractivity contribution in [3.8, 4) is 0 Å². The highest BCUT2D eigenvalue weighted by atomic mass is 16.4. The van der Waals surface area contributed by atoms with Gasteiger partial charge in [0.05, 0.1) is 12.3 Å². The normalized spacial score (nSPS) is 12.9. The summed E-state index contributed by atoms with van der Waals surface area (Å²) in [6.45, 7) is 6.07. The highest BCUT2D eigenvalue weighted by Gasteiger charge is 2.34. The Labute approximate surface area is 312 Å². The van der Waals surface area contributed by atoms with Crippen LogP contribution in [0.25, 0.3) is 0 Å². The van der Waals surface area contributed by atoms with Crippen LogP contribution in [0.3, 0.4) is 0 Å². The van der Waals surface area contributed by atoms with E-state index in [4.69, 9.17) is 0 Å². The predicted molar refractivity (Wildman–Crippen MR) is 212 cm³/mol. The first-order valence-electron chi connectivity index (χ1n) is 21.1. The van der Waals surface area contributed by atoms with Gasteiger partial charge in [-0.2, -0.15) is 0 Å². The van der Waals surface area contributed by atoms with E-state index in [1.807, 2.05) is 0 Å². The molecular weight excluding hydrogens is 640 g/mol. The molecule has 0 aliphatic rings. The third-order valence-corrected chi connectivity index (χ3v) is 9.84. The summed E-state index contributed by atoms with van der Waals surface area (Å²) in [6.07, 6.45) is 38.5. The van der Waals surface area contributed by atoms with Crippen LogP contribution in [0.2, 0.25) is 0 Å². The molecule has 0 aromatic rings. The van der Waals surface area contributed by atoms with Crippen molar-refractivity contribution in [3.63, 3.8) is 0 Å². The number of aliphatic carboxylic acids is 2. The number of nitrogens with one attached hydrogen (secondary N) is 2. The molecule has 0 fully saturated rings. The molecule has 0 spiro atoms. The van der Waals surface area contributed by atoms with Gasteiger partial charge in [-0.05, 0) is 64.2 Å². The zero-order chi connectivity index (χ0) is 37.8. The molecule has 0 bridgehead atoms. The summed E-state index contributed by atoms with van der Waals surface area (Å²) in [5, 5.41) is 24.6. The van der Waals surface area contributed by atoms with Crippen molar-refractivity contribution in [1.82, 2.24) is 10.6 Å². The summed E-state index contributed by atoms with van der Waals surface area (Å²) in [6, 6.07) is 0. The van der Waals surface area contributed by atoms with E-state index in [2.05, 4.69) is 48.8 Å². The standard InChI is InChI=1S/C43H78N2O6/c1-4-6-8-10-12-14-16-18-20-22-24-26-28-30-32-34-39(46)44-42(37(3)38(43(50)51)36-41(48)49)45-40(47)35-33-31-29-27-25-23-21-19-17-15-13-11-9-7-5-2/h18-21,37-38,42H,4-17,22-36H2,1-3H3,(H,44,46)(H,45,47)(H,48,49)(H,50,51)/b20-18-,21-19-. The maximum Gasteiger partial charge on any atom is 0.307 e. The molecule has 296 valence electrons. The molecule has 8 nitrogen and oxygen atoms in total. The fraction of sp³-hybridized carbons (Fsp3) is 0.814. The molecule has 2 atom stereocenters. The number of amides is 2. The Morgan fingerprint density at radius 1 is 0.490 bits per heavy atom. The summed E-state index contributed by atoms with van der Waals surface area (Å²) in [7, 11) is 0. The predicted octanol–water partition coefficient (Wildman–Crippen LogP) is 11.4. The summed E-state index contributed by atoms with van der Waals surface area (Å²) in [5.41, 5.74) is 0.